The third-order valence-corrected chi connectivity index (χ3v) is 5.16. The van der Waals surface area contributed by atoms with Crippen molar-refractivity contribution < 1.29 is 9.59 Å². The fourth-order valence-electron chi connectivity index (χ4n) is 3.60. The highest BCUT2D eigenvalue weighted by Gasteiger charge is 2.23. The van der Waals surface area contributed by atoms with Gasteiger partial charge in [0.15, 0.2) is 5.69 Å². The number of imidazole rings is 1. The number of nitrogens with zero attached hydrogens (tertiary/aromatic N) is 2. The van der Waals surface area contributed by atoms with Gasteiger partial charge in [0.25, 0.3) is 11.8 Å². The highest BCUT2D eigenvalue weighted by atomic mass is 16.2. The van der Waals surface area contributed by atoms with Crippen LogP contribution in [0.2, 0.25) is 0 Å². The van der Waals surface area contributed by atoms with Crippen LogP contribution in [0.25, 0.3) is 5.52 Å². The second-order valence-electron chi connectivity index (χ2n) is 7.84. The Morgan fingerprint density at radius 2 is 1.89 bits per heavy atom. The first-order valence-electron chi connectivity index (χ1n) is 10.1. The van der Waals surface area contributed by atoms with E-state index in [0.29, 0.717) is 23.7 Å². The average molecular weight is 370 g/mol. The van der Waals surface area contributed by atoms with Gasteiger partial charge in [-0.1, -0.05) is 45.6 Å². The smallest absolute Gasteiger partial charge is 0.287 e. The monoisotopic (exact) mass is 370 g/mol. The van der Waals surface area contributed by atoms with Crippen LogP contribution in [0.15, 0.2) is 24.4 Å². The molecule has 1 fully saturated rings. The average Bonchev–Trinajstić information content (AvgIpc) is 2.85. The highest BCUT2D eigenvalue weighted by Crippen LogP contribution is 2.18. The second kappa shape index (κ2) is 9.02. The lowest BCUT2D eigenvalue weighted by molar-refractivity contribution is 0.0922. The zero-order valence-corrected chi connectivity index (χ0v) is 16.3. The fourth-order valence-corrected chi connectivity index (χ4v) is 3.60. The summed E-state index contributed by atoms with van der Waals surface area (Å²) < 4.78 is 1.71. The summed E-state index contributed by atoms with van der Waals surface area (Å²) in [6, 6.07) is 5.72. The maximum atomic E-state index is 12.9. The Labute approximate surface area is 160 Å². The van der Waals surface area contributed by atoms with Crippen LogP contribution in [-0.4, -0.2) is 33.8 Å². The molecule has 2 aromatic rings. The van der Waals surface area contributed by atoms with Gasteiger partial charge in [-0.2, -0.15) is 0 Å². The molecule has 0 spiro atoms. The van der Waals surface area contributed by atoms with E-state index < -0.39 is 0 Å². The molecule has 0 aliphatic heterocycles. The van der Waals surface area contributed by atoms with Crippen molar-refractivity contribution in [3.63, 3.8) is 0 Å². The maximum Gasteiger partial charge on any atom is 0.287 e. The van der Waals surface area contributed by atoms with Gasteiger partial charge in [0.05, 0.1) is 5.52 Å². The summed E-state index contributed by atoms with van der Waals surface area (Å²) >= 11 is 0. The number of nitrogens with one attached hydrogen (secondary N) is 2. The number of rotatable bonds is 6. The summed E-state index contributed by atoms with van der Waals surface area (Å²) in [5.74, 6) is 0.367. The van der Waals surface area contributed by atoms with E-state index >= 15 is 0 Å². The van der Waals surface area contributed by atoms with E-state index in [4.69, 9.17) is 0 Å². The van der Waals surface area contributed by atoms with Gasteiger partial charge in [0.2, 0.25) is 5.82 Å². The molecule has 2 heterocycles. The minimum absolute atomic E-state index is 0.194. The molecule has 27 heavy (non-hydrogen) atoms. The molecule has 6 heteroatoms. The molecule has 146 valence electrons. The summed E-state index contributed by atoms with van der Waals surface area (Å²) in [6.45, 7) is 4.84. The largest absolute Gasteiger partial charge is 0.351 e. The van der Waals surface area contributed by atoms with Crippen molar-refractivity contribution in [2.45, 2.75) is 64.8 Å². The Balaban J connectivity index is 1.79. The first kappa shape index (κ1) is 19.4. The maximum absolute atomic E-state index is 12.9. The number of hydrogen-bond donors (Lipinski definition) is 2. The van der Waals surface area contributed by atoms with Crippen LogP contribution >= 0.6 is 0 Å². The number of carbonyl (C=O) groups excluding carboxylic acids is 2. The molecule has 3 rings (SSSR count). The summed E-state index contributed by atoms with van der Waals surface area (Å²) in [5.41, 5.74) is 0.968. The van der Waals surface area contributed by atoms with Crippen molar-refractivity contribution in [1.82, 2.24) is 20.0 Å². The van der Waals surface area contributed by atoms with Gasteiger partial charge in [-0.05, 0) is 37.3 Å². The SMILES string of the molecule is CC(C)CCNC(=O)c1nc(C(=O)NC2CCCCCC2)n2ccccc12. The van der Waals surface area contributed by atoms with Crippen LogP contribution in [0.3, 0.4) is 0 Å². The Bertz CT molecular complexity index is 789. The van der Waals surface area contributed by atoms with E-state index in [1.165, 1.54) is 12.8 Å². The molecule has 2 amide bonds. The van der Waals surface area contributed by atoms with Gasteiger partial charge in [0, 0.05) is 18.8 Å². The molecule has 1 aliphatic rings. The molecule has 1 aliphatic carbocycles. The molecule has 0 radical (unpaired) electrons. The van der Waals surface area contributed by atoms with Crippen LogP contribution < -0.4 is 10.6 Å². The van der Waals surface area contributed by atoms with Crippen molar-refractivity contribution in [1.29, 1.82) is 0 Å². The minimum Gasteiger partial charge on any atom is -0.351 e. The Morgan fingerprint density at radius 3 is 2.59 bits per heavy atom. The number of carbonyl (C=O) groups is 2. The first-order chi connectivity index (χ1) is 13.1. The van der Waals surface area contributed by atoms with Gasteiger partial charge in [-0.15, -0.1) is 0 Å². The number of hydrogen-bond acceptors (Lipinski definition) is 3. The lowest BCUT2D eigenvalue weighted by atomic mass is 10.1. The van der Waals surface area contributed by atoms with E-state index in [9.17, 15) is 9.59 Å². The minimum atomic E-state index is -0.229. The van der Waals surface area contributed by atoms with Gasteiger partial charge in [0.1, 0.15) is 0 Å². The standard InChI is InChI=1S/C21H30N4O2/c1-15(2)12-13-22-20(26)18-17-11-7-8-14-25(17)19(24-18)21(27)23-16-9-5-3-4-6-10-16/h7-8,11,14-16H,3-6,9-10,12-13H2,1-2H3,(H,22,26)(H,23,27). The van der Waals surface area contributed by atoms with Gasteiger partial charge in [-0.3, -0.25) is 14.0 Å². The molecule has 2 N–H and O–H groups in total. The van der Waals surface area contributed by atoms with Gasteiger partial charge < -0.3 is 10.6 Å². The number of pyridine rings is 1. The van der Waals surface area contributed by atoms with Gasteiger partial charge in [-0.25, -0.2) is 4.98 Å². The Morgan fingerprint density at radius 1 is 1.15 bits per heavy atom. The van der Waals surface area contributed by atoms with E-state index in [2.05, 4.69) is 29.5 Å². The highest BCUT2D eigenvalue weighted by molar-refractivity contribution is 6.02. The predicted molar refractivity (Wildman–Crippen MR) is 106 cm³/mol. The Kier molecular flexibility index (Phi) is 6.48. The molecule has 1 saturated carbocycles. The normalized spacial score (nSPS) is 15.7. The van der Waals surface area contributed by atoms with Crippen molar-refractivity contribution in [2.75, 3.05) is 6.54 Å². The molecule has 0 saturated heterocycles. The summed E-state index contributed by atoms with van der Waals surface area (Å²) in [4.78, 5) is 29.9. The molecule has 0 aromatic carbocycles. The van der Waals surface area contributed by atoms with Crippen molar-refractivity contribution in [2.24, 2.45) is 5.92 Å². The number of aromatic nitrogens is 2. The van der Waals surface area contributed by atoms with Crippen LogP contribution in [0.4, 0.5) is 0 Å². The fraction of sp³-hybridized carbons (Fsp3) is 0.571. The molecular formula is C21H30N4O2. The third-order valence-electron chi connectivity index (χ3n) is 5.16. The van der Waals surface area contributed by atoms with Crippen molar-refractivity contribution in [3.05, 3.63) is 35.9 Å². The van der Waals surface area contributed by atoms with E-state index in [-0.39, 0.29) is 23.7 Å². The van der Waals surface area contributed by atoms with Crippen LogP contribution in [0, 0.1) is 5.92 Å². The second-order valence-corrected chi connectivity index (χ2v) is 7.84. The lowest BCUT2D eigenvalue weighted by Crippen LogP contribution is -2.35. The Hall–Kier alpha value is -2.37. The quantitative estimate of drug-likeness (QED) is 0.764. The van der Waals surface area contributed by atoms with Gasteiger partial charge >= 0.3 is 0 Å². The molecule has 0 bridgehead atoms. The molecule has 0 atom stereocenters. The zero-order chi connectivity index (χ0) is 19.2. The zero-order valence-electron chi connectivity index (χ0n) is 16.3. The van der Waals surface area contributed by atoms with Crippen LogP contribution in [0.1, 0.15) is 79.9 Å². The summed E-state index contributed by atoms with van der Waals surface area (Å²) in [7, 11) is 0. The van der Waals surface area contributed by atoms with Crippen molar-refractivity contribution in [3.8, 4) is 0 Å². The summed E-state index contributed by atoms with van der Waals surface area (Å²) in [5, 5.41) is 6.04. The topological polar surface area (TPSA) is 75.5 Å². The predicted octanol–water partition coefficient (Wildman–Crippen LogP) is 3.56. The molecule has 2 aromatic heterocycles. The summed E-state index contributed by atoms with van der Waals surface area (Å²) in [6.07, 6.45) is 9.49. The number of amides is 2. The van der Waals surface area contributed by atoms with E-state index in [1.54, 1.807) is 10.6 Å². The van der Waals surface area contributed by atoms with E-state index in [1.807, 2.05) is 18.2 Å². The molecular weight excluding hydrogens is 340 g/mol. The number of fused-ring (bicyclic) bond motifs is 1. The van der Waals surface area contributed by atoms with Crippen LogP contribution in [0.5, 0.6) is 0 Å². The van der Waals surface area contributed by atoms with E-state index in [0.717, 1.165) is 32.1 Å². The third kappa shape index (κ3) is 4.87. The lowest BCUT2D eigenvalue weighted by Gasteiger charge is -2.15. The van der Waals surface area contributed by atoms with Crippen LogP contribution in [-0.2, 0) is 0 Å². The molecule has 0 unspecified atom stereocenters. The molecule has 6 nitrogen and oxygen atoms in total. The van der Waals surface area contributed by atoms with Crippen molar-refractivity contribution >= 4 is 17.3 Å². The first-order valence-corrected chi connectivity index (χ1v) is 10.1.